The zero-order valence-corrected chi connectivity index (χ0v) is 25.4. The van der Waals surface area contributed by atoms with Gasteiger partial charge in [0.1, 0.15) is 5.75 Å². The molecule has 1 aliphatic carbocycles. The molecule has 1 spiro atoms. The topological polar surface area (TPSA) is 98.8 Å². The molecule has 1 aromatic carbocycles. The quantitative estimate of drug-likeness (QED) is 0.275. The van der Waals surface area contributed by atoms with Crippen molar-refractivity contribution in [1.29, 1.82) is 0 Å². The zero-order chi connectivity index (χ0) is 29.9. The molecule has 8 rings (SSSR count). The zero-order valence-electron chi connectivity index (χ0n) is 25.4. The number of aromatic hydroxyl groups is 1. The van der Waals surface area contributed by atoms with Gasteiger partial charge in [0.2, 0.25) is 5.91 Å². The van der Waals surface area contributed by atoms with Crippen molar-refractivity contribution in [3.8, 4) is 5.75 Å². The summed E-state index contributed by atoms with van der Waals surface area (Å²) in [5.74, 6) is 0.310. The first-order valence-corrected chi connectivity index (χ1v) is 16.7. The summed E-state index contributed by atoms with van der Waals surface area (Å²) >= 11 is 0. The molecule has 8 heteroatoms. The molecule has 44 heavy (non-hydrogen) atoms. The number of aromatic amines is 1. The lowest BCUT2D eigenvalue weighted by Crippen LogP contribution is -2.74. The lowest BCUT2D eigenvalue weighted by Gasteiger charge is -2.64. The van der Waals surface area contributed by atoms with Crippen LogP contribution in [-0.4, -0.2) is 74.6 Å². The fourth-order valence-corrected chi connectivity index (χ4v) is 9.48. The van der Waals surface area contributed by atoms with Crippen LogP contribution in [0.4, 0.5) is 0 Å². The van der Waals surface area contributed by atoms with E-state index in [9.17, 15) is 14.7 Å². The number of hydrogen-bond donors (Lipinski definition) is 2. The Hall–Kier alpha value is -3.65. The van der Waals surface area contributed by atoms with Crippen LogP contribution in [0.25, 0.3) is 27.4 Å². The minimum atomic E-state index is -0.944. The smallest absolute Gasteiger partial charge is 0.307 e. The molecule has 230 valence electrons. The molecule has 2 aromatic heterocycles. The first-order valence-electron chi connectivity index (χ1n) is 16.7. The van der Waals surface area contributed by atoms with Gasteiger partial charge in [0, 0.05) is 41.9 Å². The summed E-state index contributed by atoms with van der Waals surface area (Å²) in [7, 11) is 0. The number of hydrogen-bond acceptors (Lipinski definition) is 6. The molecule has 6 heterocycles. The number of esters is 1. The number of piperidine rings is 1. The summed E-state index contributed by atoms with van der Waals surface area (Å²) in [6.45, 7) is 3.44. The van der Waals surface area contributed by atoms with E-state index in [1.54, 1.807) is 6.07 Å². The maximum atomic E-state index is 13.9. The van der Waals surface area contributed by atoms with Gasteiger partial charge in [0.15, 0.2) is 5.60 Å². The maximum absolute atomic E-state index is 13.9. The van der Waals surface area contributed by atoms with Crippen LogP contribution in [0, 0.1) is 11.3 Å². The van der Waals surface area contributed by atoms with Crippen LogP contribution in [0.3, 0.4) is 0 Å². The number of H-pyrrole nitrogens is 1. The SMILES string of the molecule is O=C1C[C@]23CN4CCCC/C=C\CC[C@@](C=C(c5nccc6c5[nH]c5c(O)cccc56)[C@@H]2CC4)(O1)[C@@H]3N1CCCCCC1=O. The molecule has 3 bridgehead atoms. The van der Waals surface area contributed by atoms with Gasteiger partial charge in [0.25, 0.3) is 0 Å². The number of allylic oxidation sites excluding steroid dienone is 3. The standard InChI is InChI=1S/C36H42N4O4/c41-28-12-10-11-24-25-14-17-37-32(33(25)38-31(24)28)26-21-36-16-7-3-1-2-4-8-18-39-20-15-27(26)35(23-39,22-30(43)44-36)34(36)40-19-9-5-6-13-29(40)42/h1,3,10-12,14,17,21,27,34,38,41H,2,4-9,13,15-16,18-20,22-23H2/b3-1-/t27-,34+,35-,36-/m0/s1. The van der Waals surface area contributed by atoms with Gasteiger partial charge in [-0.05, 0) is 94.2 Å². The van der Waals surface area contributed by atoms with E-state index in [0.29, 0.717) is 31.3 Å². The van der Waals surface area contributed by atoms with Crippen LogP contribution in [-0.2, 0) is 14.3 Å². The van der Waals surface area contributed by atoms with Gasteiger partial charge in [-0.2, -0.15) is 0 Å². The van der Waals surface area contributed by atoms with Crippen molar-refractivity contribution in [3.05, 3.63) is 54.4 Å². The van der Waals surface area contributed by atoms with E-state index < -0.39 is 11.0 Å². The fourth-order valence-electron chi connectivity index (χ4n) is 9.48. The van der Waals surface area contributed by atoms with Crippen LogP contribution in [0.2, 0.25) is 0 Å². The van der Waals surface area contributed by atoms with E-state index in [1.165, 1.54) is 0 Å². The number of nitrogens with zero attached hydrogens (tertiary/aromatic N) is 3. The molecular weight excluding hydrogens is 552 g/mol. The van der Waals surface area contributed by atoms with Gasteiger partial charge in [-0.25, -0.2) is 0 Å². The molecule has 8 nitrogen and oxygen atoms in total. The monoisotopic (exact) mass is 594 g/mol. The van der Waals surface area contributed by atoms with E-state index in [-0.39, 0.29) is 29.6 Å². The van der Waals surface area contributed by atoms with E-state index in [1.807, 2.05) is 24.4 Å². The third kappa shape index (κ3) is 4.31. The Bertz CT molecular complexity index is 1690. The molecule has 3 fully saturated rings. The number of fused-ring (bicyclic) bond motifs is 4. The van der Waals surface area contributed by atoms with Crippen LogP contribution in [0.1, 0.15) is 76.3 Å². The molecule has 1 amide bonds. The molecule has 3 saturated heterocycles. The molecular formula is C36H42N4O4. The molecule has 0 saturated carbocycles. The van der Waals surface area contributed by atoms with E-state index in [2.05, 4.69) is 33.0 Å². The Morgan fingerprint density at radius 2 is 1.82 bits per heavy atom. The molecule has 0 radical (unpaired) electrons. The van der Waals surface area contributed by atoms with Crippen LogP contribution in [0.15, 0.2) is 48.7 Å². The summed E-state index contributed by atoms with van der Waals surface area (Å²) < 4.78 is 6.61. The first kappa shape index (κ1) is 27.9. The Balaban J connectivity index is 1.39. The number of benzene rings is 1. The minimum Gasteiger partial charge on any atom is -0.506 e. The lowest BCUT2D eigenvalue weighted by molar-refractivity contribution is -0.208. The highest BCUT2D eigenvalue weighted by atomic mass is 16.6. The van der Waals surface area contributed by atoms with Crippen molar-refractivity contribution in [2.45, 2.75) is 82.3 Å². The number of phenolic OH excluding ortho intramolecular Hbond substituents is 1. The predicted octanol–water partition coefficient (Wildman–Crippen LogP) is 6.10. The highest BCUT2D eigenvalue weighted by Gasteiger charge is 2.67. The van der Waals surface area contributed by atoms with Crippen LogP contribution >= 0.6 is 0 Å². The highest BCUT2D eigenvalue weighted by molar-refractivity contribution is 6.11. The molecule has 2 N–H and O–H groups in total. The minimum absolute atomic E-state index is 0.0413. The third-order valence-corrected chi connectivity index (χ3v) is 11.2. The number of pyridine rings is 1. The normalized spacial score (nSPS) is 33.6. The largest absolute Gasteiger partial charge is 0.506 e. The molecule has 4 aliphatic heterocycles. The summed E-state index contributed by atoms with van der Waals surface area (Å²) in [5.41, 5.74) is 2.16. The number of para-hydroxylation sites is 1. The van der Waals surface area contributed by atoms with Crippen molar-refractivity contribution in [1.82, 2.24) is 19.8 Å². The van der Waals surface area contributed by atoms with Gasteiger partial charge in [-0.1, -0.05) is 30.7 Å². The van der Waals surface area contributed by atoms with Crippen molar-refractivity contribution in [3.63, 3.8) is 0 Å². The number of ether oxygens (including phenoxy) is 1. The molecule has 5 aliphatic rings. The maximum Gasteiger partial charge on any atom is 0.307 e. The summed E-state index contributed by atoms with van der Waals surface area (Å²) in [4.78, 5) is 41.0. The third-order valence-electron chi connectivity index (χ3n) is 11.2. The summed E-state index contributed by atoms with van der Waals surface area (Å²) in [6.07, 6.45) is 18.1. The van der Waals surface area contributed by atoms with Gasteiger partial charge in [-0.3, -0.25) is 14.6 Å². The number of phenols is 1. The second kappa shape index (κ2) is 10.8. The van der Waals surface area contributed by atoms with Crippen molar-refractivity contribution >= 4 is 39.3 Å². The second-order valence-corrected chi connectivity index (χ2v) is 13.8. The van der Waals surface area contributed by atoms with E-state index in [4.69, 9.17) is 9.72 Å². The van der Waals surface area contributed by atoms with Gasteiger partial charge >= 0.3 is 5.97 Å². The Morgan fingerprint density at radius 1 is 0.955 bits per heavy atom. The summed E-state index contributed by atoms with van der Waals surface area (Å²) in [5, 5.41) is 12.7. The van der Waals surface area contributed by atoms with Gasteiger partial charge in [-0.15, -0.1) is 0 Å². The summed E-state index contributed by atoms with van der Waals surface area (Å²) in [6, 6.07) is 7.40. The van der Waals surface area contributed by atoms with Crippen molar-refractivity contribution in [2.75, 3.05) is 26.2 Å². The second-order valence-electron chi connectivity index (χ2n) is 13.8. The van der Waals surface area contributed by atoms with E-state index in [0.717, 1.165) is 98.6 Å². The van der Waals surface area contributed by atoms with Crippen molar-refractivity contribution < 1.29 is 19.4 Å². The Kier molecular flexibility index (Phi) is 6.81. The number of carbonyl (C=O) groups excluding carboxylic acids is 2. The predicted molar refractivity (Wildman–Crippen MR) is 170 cm³/mol. The van der Waals surface area contributed by atoms with Crippen molar-refractivity contribution in [2.24, 2.45) is 11.3 Å². The number of amides is 1. The number of carbonyl (C=O) groups is 2. The number of nitrogens with one attached hydrogen (secondary N) is 1. The first-order chi connectivity index (χ1) is 21.5. The van der Waals surface area contributed by atoms with Crippen LogP contribution < -0.4 is 0 Å². The van der Waals surface area contributed by atoms with E-state index >= 15 is 0 Å². The lowest BCUT2D eigenvalue weighted by atomic mass is 9.51. The Morgan fingerprint density at radius 3 is 2.75 bits per heavy atom. The number of likely N-dealkylation sites (tertiary alicyclic amines) is 1. The van der Waals surface area contributed by atoms with Gasteiger partial charge < -0.3 is 24.6 Å². The molecule has 1 unspecified atom stereocenters. The highest BCUT2D eigenvalue weighted by Crippen LogP contribution is 2.61. The number of rotatable bonds is 2. The number of aromatic nitrogens is 2. The van der Waals surface area contributed by atoms with Gasteiger partial charge in [0.05, 0.1) is 29.2 Å². The molecule has 5 atom stereocenters. The Labute approximate surface area is 258 Å². The average molecular weight is 595 g/mol. The molecule has 3 aromatic rings. The van der Waals surface area contributed by atoms with Crippen LogP contribution in [0.5, 0.6) is 5.75 Å². The fraction of sp³-hybridized carbons (Fsp3) is 0.528. The average Bonchev–Trinajstić information content (AvgIpc) is 3.27.